The van der Waals surface area contributed by atoms with Gasteiger partial charge >= 0.3 is 0 Å². The van der Waals surface area contributed by atoms with Crippen LogP contribution >= 0.6 is 11.3 Å². The number of carbonyl (C=O) groups is 3. The number of ketones is 2. The highest BCUT2D eigenvalue weighted by molar-refractivity contribution is 7.12. The summed E-state index contributed by atoms with van der Waals surface area (Å²) in [6, 6.07) is 25.6. The van der Waals surface area contributed by atoms with Crippen molar-refractivity contribution in [1.29, 1.82) is 0 Å². The summed E-state index contributed by atoms with van der Waals surface area (Å²) in [7, 11) is 0. The number of amides is 1. The standard InChI is InChI=1S/C36H32N2O3S/c1-2-3-4-10-23-16-18-25(19-17-23)33(39)31-32(34(40)29-15-9-22-42-29)38-28-14-8-5-11-24(28)20-21-30(38)36(31)26-12-6-7-13-27(26)37-35(36)41/h5-9,11-22,30-32H,2-4,10H2,1H3,(H,37,41)/t30-,31+,32-,36+/m1/s1. The normalized spacial score (nSPS) is 23.4. The largest absolute Gasteiger partial charge is 0.352 e. The van der Waals surface area contributed by atoms with Gasteiger partial charge in [-0.3, -0.25) is 14.4 Å². The van der Waals surface area contributed by atoms with Crippen LogP contribution in [0.4, 0.5) is 11.4 Å². The van der Waals surface area contributed by atoms with E-state index in [-0.39, 0.29) is 17.5 Å². The zero-order valence-corrected chi connectivity index (χ0v) is 24.3. The van der Waals surface area contributed by atoms with E-state index in [1.165, 1.54) is 23.3 Å². The van der Waals surface area contributed by atoms with E-state index in [0.717, 1.165) is 36.1 Å². The SMILES string of the molecule is CCCCCc1ccc(C(=O)[C@@H]2[C@H](C(=O)c3cccs3)N3c4ccccc4C=C[C@@H]3[C@]23C(=O)Nc2ccccc23)cc1. The van der Waals surface area contributed by atoms with Gasteiger partial charge in [-0.1, -0.05) is 98.6 Å². The third kappa shape index (κ3) is 3.92. The molecule has 1 fully saturated rings. The van der Waals surface area contributed by atoms with E-state index in [0.29, 0.717) is 16.1 Å². The highest BCUT2D eigenvalue weighted by Crippen LogP contribution is 2.58. The van der Waals surface area contributed by atoms with Crippen molar-refractivity contribution in [2.24, 2.45) is 5.92 Å². The minimum absolute atomic E-state index is 0.135. The predicted octanol–water partition coefficient (Wildman–Crippen LogP) is 7.34. The van der Waals surface area contributed by atoms with Crippen molar-refractivity contribution in [3.05, 3.63) is 124 Å². The number of rotatable bonds is 8. The lowest BCUT2D eigenvalue weighted by atomic mass is 9.64. The summed E-state index contributed by atoms with van der Waals surface area (Å²) in [6.07, 6.45) is 8.42. The molecule has 0 unspecified atom stereocenters. The van der Waals surface area contributed by atoms with Gasteiger partial charge in [0.2, 0.25) is 5.91 Å². The molecular formula is C36H32N2O3S. The average Bonchev–Trinajstić information content (AvgIpc) is 3.74. The van der Waals surface area contributed by atoms with Crippen LogP contribution < -0.4 is 10.2 Å². The van der Waals surface area contributed by atoms with Crippen molar-refractivity contribution in [2.75, 3.05) is 10.2 Å². The Bertz CT molecular complexity index is 1710. The van der Waals surface area contributed by atoms with Crippen molar-refractivity contribution >= 4 is 46.3 Å². The average molecular weight is 573 g/mol. The molecule has 4 heterocycles. The van der Waals surface area contributed by atoms with E-state index in [2.05, 4.69) is 17.1 Å². The minimum atomic E-state index is -1.28. The van der Waals surface area contributed by atoms with E-state index in [1.807, 2.05) is 102 Å². The number of nitrogens with zero attached hydrogens (tertiary/aromatic N) is 1. The number of hydrogen-bond acceptors (Lipinski definition) is 5. The summed E-state index contributed by atoms with van der Waals surface area (Å²) >= 11 is 1.37. The van der Waals surface area contributed by atoms with Gasteiger partial charge in [0, 0.05) is 16.9 Å². The fraction of sp³-hybridized carbons (Fsp3) is 0.250. The number of benzene rings is 3. The van der Waals surface area contributed by atoms with Crippen LogP contribution in [-0.4, -0.2) is 29.6 Å². The van der Waals surface area contributed by atoms with Crippen molar-refractivity contribution in [3.63, 3.8) is 0 Å². The highest BCUT2D eigenvalue weighted by Gasteiger charge is 2.70. The van der Waals surface area contributed by atoms with Crippen molar-refractivity contribution in [3.8, 4) is 0 Å². The number of nitrogens with one attached hydrogen (secondary N) is 1. The molecule has 210 valence electrons. The second-order valence-corrected chi connectivity index (χ2v) is 12.4. The lowest BCUT2D eigenvalue weighted by Gasteiger charge is -2.37. The number of fused-ring (bicyclic) bond motifs is 6. The predicted molar refractivity (Wildman–Crippen MR) is 168 cm³/mol. The molecular weight excluding hydrogens is 540 g/mol. The fourth-order valence-electron chi connectivity index (χ4n) is 7.28. The number of para-hydroxylation sites is 2. The monoisotopic (exact) mass is 572 g/mol. The molecule has 1 N–H and O–H groups in total. The van der Waals surface area contributed by atoms with Gasteiger partial charge in [0.1, 0.15) is 11.5 Å². The van der Waals surface area contributed by atoms with Crippen LogP contribution in [-0.2, 0) is 16.6 Å². The van der Waals surface area contributed by atoms with Gasteiger partial charge in [0.25, 0.3) is 0 Å². The molecule has 0 radical (unpaired) electrons. The molecule has 42 heavy (non-hydrogen) atoms. The maximum Gasteiger partial charge on any atom is 0.238 e. The van der Waals surface area contributed by atoms with Crippen LogP contribution in [0.2, 0.25) is 0 Å². The zero-order chi connectivity index (χ0) is 28.8. The van der Waals surface area contributed by atoms with Crippen molar-refractivity contribution in [1.82, 2.24) is 0 Å². The Labute approximate surface area is 249 Å². The first-order valence-corrected chi connectivity index (χ1v) is 15.6. The molecule has 0 bridgehead atoms. The lowest BCUT2D eigenvalue weighted by molar-refractivity contribution is -0.121. The summed E-state index contributed by atoms with van der Waals surface area (Å²) in [5.41, 5.74) is 3.72. The Morgan fingerprint density at radius 1 is 0.905 bits per heavy atom. The summed E-state index contributed by atoms with van der Waals surface area (Å²) in [6.45, 7) is 2.19. The topological polar surface area (TPSA) is 66.5 Å². The maximum atomic E-state index is 14.9. The van der Waals surface area contributed by atoms with E-state index >= 15 is 0 Å². The van der Waals surface area contributed by atoms with Gasteiger partial charge < -0.3 is 10.2 Å². The molecule has 1 spiro atoms. The van der Waals surface area contributed by atoms with Gasteiger partial charge in [-0.25, -0.2) is 0 Å². The molecule has 1 saturated heterocycles. The highest BCUT2D eigenvalue weighted by atomic mass is 32.1. The molecule has 6 heteroatoms. The zero-order valence-electron chi connectivity index (χ0n) is 23.5. The summed E-state index contributed by atoms with van der Waals surface area (Å²) < 4.78 is 0. The first-order valence-electron chi connectivity index (χ1n) is 14.7. The lowest BCUT2D eigenvalue weighted by Crippen LogP contribution is -2.51. The van der Waals surface area contributed by atoms with E-state index in [1.54, 1.807) is 0 Å². The van der Waals surface area contributed by atoms with E-state index in [4.69, 9.17) is 0 Å². The Balaban J connectivity index is 1.43. The van der Waals surface area contributed by atoms with Crippen molar-refractivity contribution < 1.29 is 14.4 Å². The third-order valence-electron chi connectivity index (χ3n) is 9.16. The summed E-state index contributed by atoms with van der Waals surface area (Å²) in [4.78, 5) is 46.5. The van der Waals surface area contributed by atoms with E-state index in [9.17, 15) is 14.4 Å². The van der Waals surface area contributed by atoms with Crippen LogP contribution in [0.25, 0.3) is 6.08 Å². The number of thiophene rings is 1. The molecule has 7 rings (SSSR count). The molecule has 3 aliphatic heterocycles. The van der Waals surface area contributed by atoms with Crippen molar-refractivity contribution in [2.45, 2.75) is 50.1 Å². The Morgan fingerprint density at radius 2 is 1.69 bits per heavy atom. The number of anilines is 2. The summed E-state index contributed by atoms with van der Waals surface area (Å²) in [5.74, 6) is -1.50. The molecule has 1 aromatic heterocycles. The second-order valence-electron chi connectivity index (χ2n) is 11.4. The summed E-state index contributed by atoms with van der Waals surface area (Å²) in [5, 5.41) is 4.98. The smallest absolute Gasteiger partial charge is 0.238 e. The molecule has 0 saturated carbocycles. The first kappa shape index (κ1) is 26.6. The number of carbonyl (C=O) groups excluding carboxylic acids is 3. The van der Waals surface area contributed by atoms with Crippen LogP contribution in [0.15, 0.2) is 96.4 Å². The first-order chi connectivity index (χ1) is 20.6. The Kier molecular flexibility index (Phi) is 6.66. The number of aryl methyl sites for hydroxylation is 1. The number of unbranched alkanes of at least 4 members (excludes halogenated alkanes) is 2. The van der Waals surface area contributed by atoms with Gasteiger partial charge in [-0.05, 0) is 53.1 Å². The molecule has 3 aromatic carbocycles. The molecule has 3 aliphatic rings. The van der Waals surface area contributed by atoms with Crippen LogP contribution in [0.3, 0.4) is 0 Å². The minimum Gasteiger partial charge on any atom is -0.352 e. The van der Waals surface area contributed by atoms with Gasteiger partial charge in [0.15, 0.2) is 11.6 Å². The van der Waals surface area contributed by atoms with Crippen LogP contribution in [0.5, 0.6) is 0 Å². The number of hydrogen-bond donors (Lipinski definition) is 1. The Morgan fingerprint density at radius 3 is 2.48 bits per heavy atom. The molecule has 4 atom stereocenters. The van der Waals surface area contributed by atoms with Gasteiger partial charge in [0.05, 0.1) is 16.8 Å². The van der Waals surface area contributed by atoms with Gasteiger partial charge in [-0.15, -0.1) is 11.3 Å². The quantitative estimate of drug-likeness (QED) is 0.177. The molecule has 1 amide bonds. The van der Waals surface area contributed by atoms with Crippen LogP contribution in [0, 0.1) is 5.92 Å². The third-order valence-corrected chi connectivity index (χ3v) is 10.0. The molecule has 5 nitrogen and oxygen atoms in total. The maximum absolute atomic E-state index is 14.9. The molecule has 4 aromatic rings. The number of Topliss-reactive ketones (excluding diaryl/α,β-unsaturated/α-hetero) is 2. The Hall–Kier alpha value is -4.29. The fourth-order valence-corrected chi connectivity index (χ4v) is 7.98. The molecule has 0 aliphatic carbocycles. The second kappa shape index (κ2) is 10.5. The van der Waals surface area contributed by atoms with Gasteiger partial charge in [-0.2, -0.15) is 0 Å². The van der Waals surface area contributed by atoms with E-state index < -0.39 is 23.4 Å². The van der Waals surface area contributed by atoms with Crippen LogP contribution in [0.1, 0.15) is 62.9 Å².